The molecular weight excluding hydrogens is 244 g/mol. The van der Waals surface area contributed by atoms with Crippen LogP contribution in [-0.2, 0) is 11.2 Å². The Labute approximate surface area is 111 Å². The van der Waals surface area contributed by atoms with Crippen LogP contribution >= 0.6 is 0 Å². The van der Waals surface area contributed by atoms with Gasteiger partial charge in [0, 0.05) is 25.8 Å². The Bertz CT molecular complexity index is 556. The zero-order chi connectivity index (χ0) is 13.6. The number of benzene rings is 1. The van der Waals surface area contributed by atoms with Crippen LogP contribution in [0.1, 0.15) is 22.3 Å². The molecule has 0 saturated carbocycles. The summed E-state index contributed by atoms with van der Waals surface area (Å²) in [6.07, 6.45) is 1.65. The third-order valence-corrected chi connectivity index (χ3v) is 4.03. The van der Waals surface area contributed by atoms with Crippen molar-refractivity contribution in [3.63, 3.8) is 0 Å². The Balaban J connectivity index is 1.90. The molecule has 0 spiro atoms. The molecule has 0 radical (unpaired) electrons. The van der Waals surface area contributed by atoms with E-state index in [2.05, 4.69) is 4.90 Å². The number of likely N-dealkylation sites (N-methyl/N-ethyl adjacent to an activating group) is 1. The van der Waals surface area contributed by atoms with Crippen LogP contribution in [0.2, 0.25) is 0 Å². The fourth-order valence-corrected chi connectivity index (χ4v) is 2.98. The van der Waals surface area contributed by atoms with Crippen LogP contribution in [0.5, 0.6) is 0 Å². The van der Waals surface area contributed by atoms with Crippen LogP contribution in [0, 0.1) is 0 Å². The van der Waals surface area contributed by atoms with Gasteiger partial charge in [0.1, 0.15) is 6.04 Å². The van der Waals surface area contributed by atoms with E-state index in [9.17, 15) is 9.59 Å². The van der Waals surface area contributed by atoms with Crippen LogP contribution in [0.25, 0.3) is 0 Å². The topological polar surface area (TPSA) is 60.9 Å². The van der Waals surface area contributed by atoms with E-state index in [1.165, 1.54) is 0 Å². The standard InChI is InChI=1S/C14H16N2O3/c1-15-6-5-12(13(15)17)16-7-4-9-8-10(14(18)19)2-3-11(9)16/h2-3,8,12H,4-7H2,1H3,(H,18,19). The molecule has 2 aliphatic rings. The Kier molecular flexibility index (Phi) is 2.69. The van der Waals surface area contributed by atoms with E-state index < -0.39 is 5.97 Å². The Morgan fingerprint density at radius 2 is 2.16 bits per heavy atom. The van der Waals surface area contributed by atoms with Gasteiger partial charge in [-0.05, 0) is 36.6 Å². The lowest BCUT2D eigenvalue weighted by atomic mass is 10.1. The summed E-state index contributed by atoms with van der Waals surface area (Å²) in [5, 5.41) is 9.00. The summed E-state index contributed by atoms with van der Waals surface area (Å²) < 4.78 is 0. The van der Waals surface area contributed by atoms with E-state index >= 15 is 0 Å². The predicted octanol–water partition coefficient (Wildman–Crippen LogP) is 0.978. The zero-order valence-corrected chi connectivity index (χ0v) is 10.8. The van der Waals surface area contributed by atoms with Crippen molar-refractivity contribution in [3.8, 4) is 0 Å². The normalized spacial score (nSPS) is 21.9. The molecule has 2 aliphatic heterocycles. The molecule has 19 heavy (non-hydrogen) atoms. The summed E-state index contributed by atoms with van der Waals surface area (Å²) in [6.45, 7) is 1.59. The van der Waals surface area contributed by atoms with E-state index in [1.54, 1.807) is 17.0 Å². The maximum atomic E-state index is 12.1. The number of nitrogens with zero attached hydrogens (tertiary/aromatic N) is 2. The van der Waals surface area contributed by atoms with Gasteiger partial charge in [-0.2, -0.15) is 0 Å². The molecule has 2 heterocycles. The van der Waals surface area contributed by atoms with Gasteiger partial charge >= 0.3 is 5.97 Å². The van der Waals surface area contributed by atoms with E-state index in [0.29, 0.717) is 5.56 Å². The second-order valence-corrected chi connectivity index (χ2v) is 5.16. The van der Waals surface area contributed by atoms with Gasteiger partial charge in [-0.3, -0.25) is 4.79 Å². The average molecular weight is 260 g/mol. The number of likely N-dealkylation sites (tertiary alicyclic amines) is 1. The lowest BCUT2D eigenvalue weighted by Gasteiger charge is -2.25. The summed E-state index contributed by atoms with van der Waals surface area (Å²) >= 11 is 0. The number of amides is 1. The number of fused-ring (bicyclic) bond motifs is 1. The molecule has 1 amide bonds. The molecule has 0 aliphatic carbocycles. The van der Waals surface area contributed by atoms with E-state index in [4.69, 9.17) is 5.11 Å². The number of carboxylic acid groups (broad SMARTS) is 1. The summed E-state index contributed by atoms with van der Waals surface area (Å²) in [5.41, 5.74) is 2.36. The van der Waals surface area contributed by atoms with Crippen LogP contribution in [0.15, 0.2) is 18.2 Å². The number of hydrogen-bond donors (Lipinski definition) is 1. The fourth-order valence-electron chi connectivity index (χ4n) is 2.98. The van der Waals surface area contributed by atoms with Crippen molar-refractivity contribution >= 4 is 17.6 Å². The zero-order valence-electron chi connectivity index (χ0n) is 10.8. The molecule has 100 valence electrons. The average Bonchev–Trinajstić information content (AvgIpc) is 2.94. The van der Waals surface area contributed by atoms with Gasteiger partial charge in [0.15, 0.2) is 0 Å². The van der Waals surface area contributed by atoms with E-state index in [0.717, 1.165) is 37.2 Å². The third kappa shape index (κ3) is 1.85. The lowest BCUT2D eigenvalue weighted by molar-refractivity contribution is -0.127. The summed E-state index contributed by atoms with van der Waals surface area (Å²) in [6, 6.07) is 5.09. The van der Waals surface area contributed by atoms with Crippen molar-refractivity contribution in [1.82, 2.24) is 4.90 Å². The highest BCUT2D eigenvalue weighted by atomic mass is 16.4. The SMILES string of the molecule is CN1CCC(N2CCc3cc(C(=O)O)ccc32)C1=O. The maximum absolute atomic E-state index is 12.1. The molecule has 5 nitrogen and oxygen atoms in total. The van der Waals surface area contributed by atoms with Crippen LogP contribution in [0.3, 0.4) is 0 Å². The van der Waals surface area contributed by atoms with Crippen molar-refractivity contribution in [2.24, 2.45) is 0 Å². The van der Waals surface area contributed by atoms with Crippen LogP contribution < -0.4 is 4.90 Å². The first-order chi connectivity index (χ1) is 9.08. The molecule has 1 aromatic carbocycles. The second-order valence-electron chi connectivity index (χ2n) is 5.16. The van der Waals surface area contributed by atoms with Gasteiger partial charge in [-0.15, -0.1) is 0 Å². The Morgan fingerprint density at radius 3 is 2.79 bits per heavy atom. The van der Waals surface area contributed by atoms with Crippen molar-refractivity contribution in [1.29, 1.82) is 0 Å². The quantitative estimate of drug-likeness (QED) is 0.861. The monoisotopic (exact) mass is 260 g/mol. The minimum Gasteiger partial charge on any atom is -0.478 e. The second kappa shape index (κ2) is 4.26. The molecule has 1 N–H and O–H groups in total. The smallest absolute Gasteiger partial charge is 0.335 e. The fraction of sp³-hybridized carbons (Fsp3) is 0.429. The number of carboxylic acids is 1. The highest BCUT2D eigenvalue weighted by Crippen LogP contribution is 2.33. The summed E-state index contributed by atoms with van der Waals surface area (Å²) in [7, 11) is 1.83. The van der Waals surface area contributed by atoms with Gasteiger partial charge in [0.05, 0.1) is 5.56 Å². The number of aromatic carboxylic acids is 1. The highest BCUT2D eigenvalue weighted by molar-refractivity contribution is 5.90. The lowest BCUT2D eigenvalue weighted by Crippen LogP contribution is -2.40. The third-order valence-electron chi connectivity index (χ3n) is 4.03. The van der Waals surface area contributed by atoms with Crippen LogP contribution in [0.4, 0.5) is 5.69 Å². The van der Waals surface area contributed by atoms with Gasteiger partial charge in [0.2, 0.25) is 5.91 Å². The maximum Gasteiger partial charge on any atom is 0.335 e. The number of rotatable bonds is 2. The van der Waals surface area contributed by atoms with Gasteiger partial charge in [-0.1, -0.05) is 0 Å². The highest BCUT2D eigenvalue weighted by Gasteiger charge is 2.36. The molecule has 0 bridgehead atoms. The first-order valence-corrected chi connectivity index (χ1v) is 6.46. The van der Waals surface area contributed by atoms with Crippen LogP contribution in [-0.4, -0.2) is 48.1 Å². The van der Waals surface area contributed by atoms with E-state index in [-0.39, 0.29) is 11.9 Å². The minimum absolute atomic E-state index is 0.0815. The van der Waals surface area contributed by atoms with Crippen molar-refractivity contribution < 1.29 is 14.7 Å². The van der Waals surface area contributed by atoms with Crippen molar-refractivity contribution in [2.45, 2.75) is 18.9 Å². The van der Waals surface area contributed by atoms with Crippen molar-refractivity contribution in [2.75, 3.05) is 25.0 Å². The minimum atomic E-state index is -0.905. The summed E-state index contributed by atoms with van der Waals surface area (Å²) in [5.74, 6) is -0.743. The number of carbonyl (C=O) groups is 2. The molecule has 5 heteroatoms. The molecule has 1 aromatic rings. The Hall–Kier alpha value is -2.04. The first kappa shape index (κ1) is 12.0. The number of anilines is 1. The largest absolute Gasteiger partial charge is 0.478 e. The molecule has 3 rings (SSSR count). The number of carbonyl (C=O) groups excluding carboxylic acids is 1. The predicted molar refractivity (Wildman–Crippen MR) is 70.5 cm³/mol. The summed E-state index contributed by atoms with van der Waals surface area (Å²) in [4.78, 5) is 26.9. The van der Waals surface area contributed by atoms with Gasteiger partial charge < -0.3 is 14.9 Å². The van der Waals surface area contributed by atoms with E-state index in [1.807, 2.05) is 13.1 Å². The molecule has 1 saturated heterocycles. The Morgan fingerprint density at radius 1 is 1.37 bits per heavy atom. The first-order valence-electron chi connectivity index (χ1n) is 6.46. The molecular formula is C14H16N2O3. The van der Waals surface area contributed by atoms with Gasteiger partial charge in [0.25, 0.3) is 0 Å². The van der Waals surface area contributed by atoms with Gasteiger partial charge in [-0.25, -0.2) is 4.79 Å². The van der Waals surface area contributed by atoms with Crippen molar-refractivity contribution in [3.05, 3.63) is 29.3 Å². The molecule has 1 atom stereocenters. The number of hydrogen-bond acceptors (Lipinski definition) is 3. The molecule has 0 aromatic heterocycles. The molecule has 1 unspecified atom stereocenters. The molecule has 1 fully saturated rings.